The van der Waals surface area contributed by atoms with Crippen molar-refractivity contribution < 1.29 is 9.21 Å². The Morgan fingerprint density at radius 1 is 1.36 bits per heavy atom. The largest absolute Gasteiger partial charge is 0.469 e. The minimum atomic E-state index is -0.219. The van der Waals surface area contributed by atoms with Gasteiger partial charge in [-0.05, 0) is 24.6 Å². The van der Waals surface area contributed by atoms with Gasteiger partial charge in [0.15, 0.2) is 0 Å². The van der Waals surface area contributed by atoms with Crippen LogP contribution < -0.4 is 5.32 Å². The van der Waals surface area contributed by atoms with Crippen LogP contribution in [0.2, 0.25) is 5.02 Å². The second-order valence-electron chi connectivity index (χ2n) is 4.86. The third-order valence-electron chi connectivity index (χ3n) is 3.28. The van der Waals surface area contributed by atoms with Crippen molar-refractivity contribution in [2.45, 2.75) is 13.5 Å². The van der Waals surface area contributed by atoms with Crippen molar-refractivity contribution >= 4 is 23.2 Å². The number of carbonyl (C=O) groups is 1. The number of nitrogens with zero attached hydrogens (tertiary/aromatic N) is 2. The smallest absolute Gasteiger partial charge is 0.259 e. The molecule has 2 heterocycles. The number of hydrogen-bond acceptors (Lipinski definition) is 3. The molecule has 6 heteroatoms. The molecule has 1 amide bonds. The standard InChI is InChI=1S/C16H14ClN3O2/c1-11-14(6-7-22-11)16(21)19-13-8-18-20(10-13)9-12-4-2-3-5-15(12)17/h2-8,10H,9H2,1H3,(H,19,21). The van der Waals surface area contributed by atoms with E-state index in [-0.39, 0.29) is 5.91 Å². The summed E-state index contributed by atoms with van der Waals surface area (Å²) in [6.07, 6.45) is 4.85. The highest BCUT2D eigenvalue weighted by Gasteiger charge is 2.12. The second-order valence-corrected chi connectivity index (χ2v) is 5.27. The van der Waals surface area contributed by atoms with Crippen molar-refractivity contribution in [2.24, 2.45) is 0 Å². The third kappa shape index (κ3) is 3.04. The highest BCUT2D eigenvalue weighted by molar-refractivity contribution is 6.31. The lowest BCUT2D eigenvalue weighted by atomic mass is 10.2. The predicted molar refractivity (Wildman–Crippen MR) is 84.2 cm³/mol. The first kappa shape index (κ1) is 14.4. The monoisotopic (exact) mass is 315 g/mol. The molecule has 0 bridgehead atoms. The summed E-state index contributed by atoms with van der Waals surface area (Å²) in [4.78, 5) is 12.1. The number of amides is 1. The molecule has 112 valence electrons. The molecule has 0 atom stereocenters. The lowest BCUT2D eigenvalue weighted by Gasteiger charge is -2.04. The fourth-order valence-electron chi connectivity index (χ4n) is 2.13. The molecule has 0 aliphatic rings. The van der Waals surface area contributed by atoms with E-state index in [1.54, 1.807) is 30.1 Å². The van der Waals surface area contributed by atoms with Gasteiger partial charge >= 0.3 is 0 Å². The van der Waals surface area contributed by atoms with E-state index in [1.807, 2.05) is 24.3 Å². The SMILES string of the molecule is Cc1occc1C(=O)Nc1cnn(Cc2ccccc2Cl)c1. The Hall–Kier alpha value is -2.53. The zero-order valence-electron chi connectivity index (χ0n) is 11.9. The lowest BCUT2D eigenvalue weighted by molar-refractivity contribution is 0.102. The molecule has 1 aromatic carbocycles. The van der Waals surface area contributed by atoms with Gasteiger partial charge in [0, 0.05) is 11.2 Å². The van der Waals surface area contributed by atoms with E-state index in [1.165, 1.54) is 6.26 Å². The van der Waals surface area contributed by atoms with Crippen LogP contribution in [0, 0.1) is 6.92 Å². The molecule has 2 aromatic heterocycles. The van der Waals surface area contributed by atoms with Gasteiger partial charge in [0.1, 0.15) is 5.76 Å². The molecule has 3 rings (SSSR count). The van der Waals surface area contributed by atoms with Gasteiger partial charge in [-0.3, -0.25) is 9.48 Å². The van der Waals surface area contributed by atoms with Crippen molar-refractivity contribution in [1.29, 1.82) is 0 Å². The summed E-state index contributed by atoms with van der Waals surface area (Å²) in [6, 6.07) is 9.23. The van der Waals surface area contributed by atoms with Crippen LogP contribution >= 0.6 is 11.6 Å². The molecule has 0 fully saturated rings. The molecule has 3 aromatic rings. The van der Waals surface area contributed by atoms with Gasteiger partial charge in [-0.1, -0.05) is 29.8 Å². The van der Waals surface area contributed by atoms with Crippen molar-refractivity contribution in [3.05, 3.63) is 70.9 Å². The predicted octanol–water partition coefficient (Wildman–Crippen LogP) is 3.74. The fraction of sp³-hybridized carbons (Fsp3) is 0.125. The summed E-state index contributed by atoms with van der Waals surface area (Å²) < 4.78 is 6.85. The molecule has 5 nitrogen and oxygen atoms in total. The van der Waals surface area contributed by atoms with Crippen molar-refractivity contribution in [1.82, 2.24) is 9.78 Å². The first-order valence-electron chi connectivity index (χ1n) is 6.75. The zero-order chi connectivity index (χ0) is 15.5. The topological polar surface area (TPSA) is 60.1 Å². The van der Waals surface area contributed by atoms with Gasteiger partial charge in [-0.15, -0.1) is 0 Å². The second kappa shape index (κ2) is 6.07. The van der Waals surface area contributed by atoms with E-state index < -0.39 is 0 Å². The maximum Gasteiger partial charge on any atom is 0.259 e. The maximum atomic E-state index is 12.1. The zero-order valence-corrected chi connectivity index (χ0v) is 12.7. The number of rotatable bonds is 4. The van der Waals surface area contributed by atoms with Crippen LogP contribution in [0.1, 0.15) is 21.7 Å². The van der Waals surface area contributed by atoms with Gasteiger partial charge in [-0.2, -0.15) is 5.10 Å². The summed E-state index contributed by atoms with van der Waals surface area (Å²) in [5.74, 6) is 0.365. The van der Waals surface area contributed by atoms with Crippen LogP contribution in [0.4, 0.5) is 5.69 Å². The fourth-order valence-corrected chi connectivity index (χ4v) is 2.33. The van der Waals surface area contributed by atoms with Crippen molar-refractivity contribution in [2.75, 3.05) is 5.32 Å². The Labute approximate surface area is 132 Å². The number of aromatic nitrogens is 2. The molecular formula is C16H14ClN3O2. The van der Waals surface area contributed by atoms with E-state index in [0.717, 1.165) is 5.56 Å². The van der Waals surface area contributed by atoms with Crippen LogP contribution in [0.25, 0.3) is 0 Å². The maximum absolute atomic E-state index is 12.1. The summed E-state index contributed by atoms with van der Waals surface area (Å²) in [6.45, 7) is 2.29. The van der Waals surface area contributed by atoms with Crippen LogP contribution in [-0.4, -0.2) is 15.7 Å². The van der Waals surface area contributed by atoms with Crippen LogP contribution in [-0.2, 0) is 6.54 Å². The summed E-state index contributed by atoms with van der Waals surface area (Å²) in [5, 5.41) is 7.71. The Bertz CT molecular complexity index is 807. The number of furan rings is 1. The molecular weight excluding hydrogens is 302 g/mol. The number of hydrogen-bond donors (Lipinski definition) is 1. The number of benzene rings is 1. The van der Waals surface area contributed by atoms with E-state index in [0.29, 0.717) is 28.6 Å². The molecule has 0 aliphatic carbocycles. The Balaban J connectivity index is 1.70. The van der Waals surface area contributed by atoms with Crippen LogP contribution in [0.3, 0.4) is 0 Å². The molecule has 22 heavy (non-hydrogen) atoms. The average molecular weight is 316 g/mol. The molecule has 0 saturated heterocycles. The van der Waals surface area contributed by atoms with E-state index in [9.17, 15) is 4.79 Å². The lowest BCUT2D eigenvalue weighted by Crippen LogP contribution is -2.11. The minimum Gasteiger partial charge on any atom is -0.469 e. The molecule has 0 radical (unpaired) electrons. The highest BCUT2D eigenvalue weighted by atomic mass is 35.5. The quantitative estimate of drug-likeness (QED) is 0.798. The molecule has 0 aliphatic heterocycles. The normalized spacial score (nSPS) is 10.6. The van der Waals surface area contributed by atoms with Gasteiger partial charge < -0.3 is 9.73 Å². The van der Waals surface area contributed by atoms with Crippen LogP contribution in [0.15, 0.2) is 53.4 Å². The molecule has 1 N–H and O–H groups in total. The Kier molecular flexibility index (Phi) is 3.98. The summed E-state index contributed by atoms with van der Waals surface area (Å²) in [5.41, 5.74) is 2.10. The number of halogens is 1. The van der Waals surface area contributed by atoms with Crippen molar-refractivity contribution in [3.63, 3.8) is 0 Å². The molecule has 0 spiro atoms. The van der Waals surface area contributed by atoms with Crippen molar-refractivity contribution in [3.8, 4) is 0 Å². The first-order chi connectivity index (χ1) is 10.6. The van der Waals surface area contributed by atoms with Gasteiger partial charge in [0.2, 0.25) is 0 Å². The van der Waals surface area contributed by atoms with Crippen LogP contribution in [0.5, 0.6) is 0 Å². The summed E-state index contributed by atoms with van der Waals surface area (Å²) in [7, 11) is 0. The highest BCUT2D eigenvalue weighted by Crippen LogP contribution is 2.17. The first-order valence-corrected chi connectivity index (χ1v) is 7.12. The molecule has 0 saturated carbocycles. The average Bonchev–Trinajstić information content (AvgIpc) is 3.10. The van der Waals surface area contributed by atoms with Gasteiger partial charge in [0.25, 0.3) is 5.91 Å². The Morgan fingerprint density at radius 2 is 2.18 bits per heavy atom. The van der Waals surface area contributed by atoms with Gasteiger partial charge in [-0.25, -0.2) is 0 Å². The Morgan fingerprint density at radius 3 is 2.91 bits per heavy atom. The minimum absolute atomic E-state index is 0.219. The van der Waals surface area contributed by atoms with E-state index >= 15 is 0 Å². The third-order valence-corrected chi connectivity index (χ3v) is 3.65. The number of nitrogens with one attached hydrogen (secondary N) is 1. The summed E-state index contributed by atoms with van der Waals surface area (Å²) >= 11 is 6.13. The number of anilines is 1. The van der Waals surface area contributed by atoms with Gasteiger partial charge in [0.05, 0.1) is 30.3 Å². The molecule has 0 unspecified atom stereocenters. The number of aryl methyl sites for hydroxylation is 1. The van der Waals surface area contributed by atoms with E-state index in [4.69, 9.17) is 16.0 Å². The van der Waals surface area contributed by atoms with E-state index in [2.05, 4.69) is 10.4 Å². The number of carbonyl (C=O) groups excluding carboxylic acids is 1.